The normalized spacial score (nSPS) is 25.2. The number of ether oxygens (including phenoxy) is 1. The van der Waals surface area contributed by atoms with E-state index in [1.807, 2.05) is 12.1 Å². The van der Waals surface area contributed by atoms with Crippen LogP contribution in [0, 0.1) is 0 Å². The van der Waals surface area contributed by atoms with Gasteiger partial charge in [0.1, 0.15) is 5.75 Å². The zero-order chi connectivity index (χ0) is 21.3. The monoisotopic (exact) mass is 418 g/mol. The Labute approximate surface area is 174 Å². The highest BCUT2D eigenvalue weighted by molar-refractivity contribution is 5.77. The number of nitrogens with one attached hydrogen (secondary N) is 1. The molecule has 2 aliphatic heterocycles. The Kier molecular flexibility index (Phi) is 5.73. The lowest BCUT2D eigenvalue weighted by Crippen LogP contribution is -2.46. The Balaban J connectivity index is 1.63. The maximum absolute atomic E-state index is 13.0. The lowest BCUT2D eigenvalue weighted by molar-refractivity contribution is -0.137. The summed E-state index contributed by atoms with van der Waals surface area (Å²) in [4.78, 5) is 14.7. The summed E-state index contributed by atoms with van der Waals surface area (Å²) in [6.07, 6.45) is -2.31. The summed E-state index contributed by atoms with van der Waals surface area (Å²) in [7, 11) is 1.63. The van der Waals surface area contributed by atoms with Gasteiger partial charge in [0.2, 0.25) is 5.91 Å². The second-order valence-electron chi connectivity index (χ2n) is 7.95. The van der Waals surface area contributed by atoms with Crippen LogP contribution in [0.2, 0.25) is 0 Å². The summed E-state index contributed by atoms with van der Waals surface area (Å²) in [5, 5.41) is 2.94. The number of fused-ring (bicyclic) bond motifs is 1. The fraction of sp³-hybridized carbons (Fsp3) is 0.435. The van der Waals surface area contributed by atoms with E-state index >= 15 is 0 Å². The van der Waals surface area contributed by atoms with Gasteiger partial charge in [-0.15, -0.1) is 0 Å². The van der Waals surface area contributed by atoms with E-state index in [0.717, 1.165) is 36.3 Å². The van der Waals surface area contributed by atoms with Gasteiger partial charge in [0.05, 0.1) is 12.7 Å². The van der Waals surface area contributed by atoms with Crippen molar-refractivity contribution in [3.63, 3.8) is 0 Å². The SMILES string of the molecule is COc1ccc([C@H]2CCC(c3ccc(C(F)(F)F)cc3)C3CC(=O)NCCN32)cc1. The Morgan fingerprint density at radius 1 is 1.00 bits per heavy atom. The molecule has 3 atom stereocenters. The van der Waals surface area contributed by atoms with E-state index in [4.69, 9.17) is 4.74 Å². The van der Waals surface area contributed by atoms with Crippen LogP contribution in [0.1, 0.15) is 47.9 Å². The summed E-state index contributed by atoms with van der Waals surface area (Å²) >= 11 is 0. The van der Waals surface area contributed by atoms with Crippen molar-refractivity contribution in [3.05, 3.63) is 65.2 Å². The first-order valence-electron chi connectivity index (χ1n) is 10.2. The molecule has 0 radical (unpaired) electrons. The van der Waals surface area contributed by atoms with Crippen molar-refractivity contribution in [1.29, 1.82) is 0 Å². The molecule has 2 aromatic rings. The Hall–Kier alpha value is -2.54. The van der Waals surface area contributed by atoms with Gasteiger partial charge in [-0.1, -0.05) is 24.3 Å². The van der Waals surface area contributed by atoms with Crippen molar-refractivity contribution in [2.75, 3.05) is 20.2 Å². The number of rotatable bonds is 3. The number of hydrogen-bond donors (Lipinski definition) is 1. The number of amides is 1. The highest BCUT2D eigenvalue weighted by Gasteiger charge is 2.41. The molecule has 2 aromatic carbocycles. The van der Waals surface area contributed by atoms with Crippen molar-refractivity contribution in [3.8, 4) is 5.75 Å². The van der Waals surface area contributed by atoms with Gasteiger partial charge < -0.3 is 10.1 Å². The number of carbonyl (C=O) groups excluding carboxylic acids is 1. The number of piperidine rings is 1. The third-order valence-corrected chi connectivity index (χ3v) is 6.30. The molecule has 30 heavy (non-hydrogen) atoms. The molecule has 7 heteroatoms. The zero-order valence-corrected chi connectivity index (χ0v) is 16.8. The molecule has 0 bridgehead atoms. The molecule has 2 heterocycles. The Morgan fingerprint density at radius 2 is 1.67 bits per heavy atom. The van der Waals surface area contributed by atoms with Gasteiger partial charge in [-0.3, -0.25) is 9.69 Å². The molecular weight excluding hydrogens is 393 g/mol. The molecule has 1 amide bonds. The number of benzene rings is 2. The smallest absolute Gasteiger partial charge is 0.416 e. The zero-order valence-electron chi connectivity index (χ0n) is 16.8. The minimum atomic E-state index is -4.35. The lowest BCUT2D eigenvalue weighted by Gasteiger charge is -2.46. The molecule has 4 nitrogen and oxygen atoms in total. The fourth-order valence-electron chi connectivity index (χ4n) is 4.82. The first-order valence-corrected chi connectivity index (χ1v) is 10.2. The molecule has 0 aromatic heterocycles. The number of hydrogen-bond acceptors (Lipinski definition) is 3. The van der Waals surface area contributed by atoms with Gasteiger partial charge in [0.15, 0.2) is 0 Å². The number of nitrogens with zero attached hydrogens (tertiary/aromatic N) is 1. The number of alkyl halides is 3. The quantitative estimate of drug-likeness (QED) is 0.797. The van der Waals surface area contributed by atoms with Gasteiger partial charge in [0.25, 0.3) is 0 Å². The van der Waals surface area contributed by atoms with Gasteiger partial charge in [-0.05, 0) is 48.2 Å². The predicted molar refractivity (Wildman–Crippen MR) is 107 cm³/mol. The third kappa shape index (κ3) is 4.17. The van der Waals surface area contributed by atoms with Crippen molar-refractivity contribution >= 4 is 5.91 Å². The number of halogens is 3. The minimum Gasteiger partial charge on any atom is -0.497 e. The molecule has 2 fully saturated rings. The molecule has 2 aliphatic rings. The first-order chi connectivity index (χ1) is 14.4. The van der Waals surface area contributed by atoms with Crippen LogP contribution in [0.15, 0.2) is 48.5 Å². The fourth-order valence-corrected chi connectivity index (χ4v) is 4.82. The molecule has 1 N–H and O–H groups in total. The molecule has 0 saturated carbocycles. The van der Waals surface area contributed by atoms with E-state index in [1.165, 1.54) is 5.56 Å². The summed E-state index contributed by atoms with van der Waals surface area (Å²) in [6, 6.07) is 13.5. The van der Waals surface area contributed by atoms with E-state index in [0.29, 0.717) is 19.5 Å². The van der Waals surface area contributed by atoms with Crippen molar-refractivity contribution in [2.45, 2.75) is 43.4 Å². The van der Waals surface area contributed by atoms with E-state index in [1.54, 1.807) is 19.2 Å². The first kappa shape index (κ1) is 20.7. The second-order valence-corrected chi connectivity index (χ2v) is 7.95. The maximum atomic E-state index is 13.0. The molecule has 0 spiro atoms. The van der Waals surface area contributed by atoms with Crippen molar-refractivity contribution < 1.29 is 22.7 Å². The van der Waals surface area contributed by atoms with Gasteiger partial charge >= 0.3 is 6.18 Å². The summed E-state index contributed by atoms with van der Waals surface area (Å²) in [6.45, 7) is 1.28. The van der Waals surface area contributed by atoms with E-state index < -0.39 is 11.7 Å². The molecule has 160 valence electrons. The van der Waals surface area contributed by atoms with Crippen LogP contribution in [0.25, 0.3) is 0 Å². The third-order valence-electron chi connectivity index (χ3n) is 6.30. The van der Waals surface area contributed by atoms with Crippen LogP contribution in [-0.4, -0.2) is 37.0 Å². The lowest BCUT2D eigenvalue weighted by atomic mass is 9.78. The average molecular weight is 418 g/mol. The van der Waals surface area contributed by atoms with Crippen molar-refractivity contribution in [1.82, 2.24) is 10.2 Å². The van der Waals surface area contributed by atoms with Crippen LogP contribution in [0.5, 0.6) is 5.75 Å². The average Bonchev–Trinajstić information content (AvgIpc) is 2.94. The van der Waals surface area contributed by atoms with Crippen molar-refractivity contribution in [2.24, 2.45) is 0 Å². The summed E-state index contributed by atoms with van der Waals surface area (Å²) < 4.78 is 44.1. The van der Waals surface area contributed by atoms with Crippen LogP contribution in [-0.2, 0) is 11.0 Å². The highest BCUT2D eigenvalue weighted by atomic mass is 19.4. The maximum Gasteiger partial charge on any atom is 0.416 e. The summed E-state index contributed by atoms with van der Waals surface area (Å²) in [5.74, 6) is 0.807. The van der Waals surface area contributed by atoms with Crippen LogP contribution in [0.4, 0.5) is 13.2 Å². The Bertz CT molecular complexity index is 881. The number of methoxy groups -OCH3 is 1. The Morgan fingerprint density at radius 3 is 2.30 bits per heavy atom. The van der Waals surface area contributed by atoms with Gasteiger partial charge in [-0.2, -0.15) is 13.2 Å². The molecular formula is C23H25F3N2O2. The standard InChI is InChI=1S/C23H25F3N2O2/c1-30-18-8-4-16(5-9-18)20-11-10-19(21-14-22(29)27-12-13-28(20)21)15-2-6-17(7-3-15)23(24,25)26/h2-9,19-21H,10-14H2,1H3,(H,27,29)/t19?,20-,21?/m1/s1. The highest BCUT2D eigenvalue weighted by Crippen LogP contribution is 2.44. The number of carbonyl (C=O) groups is 1. The van der Waals surface area contributed by atoms with Crippen LogP contribution >= 0.6 is 0 Å². The summed E-state index contributed by atoms with van der Waals surface area (Å²) in [5.41, 5.74) is 1.38. The minimum absolute atomic E-state index is 0.00482. The molecule has 2 saturated heterocycles. The van der Waals surface area contributed by atoms with Gasteiger partial charge in [0, 0.05) is 37.5 Å². The predicted octanol–water partition coefficient (Wildman–Crippen LogP) is 4.52. The van der Waals surface area contributed by atoms with Crippen LogP contribution < -0.4 is 10.1 Å². The molecule has 0 aliphatic carbocycles. The second kappa shape index (κ2) is 8.30. The van der Waals surface area contributed by atoms with Crippen LogP contribution in [0.3, 0.4) is 0 Å². The van der Waals surface area contributed by atoms with E-state index in [-0.39, 0.29) is 23.9 Å². The molecule has 4 rings (SSSR count). The van der Waals surface area contributed by atoms with Gasteiger partial charge in [-0.25, -0.2) is 0 Å². The largest absolute Gasteiger partial charge is 0.497 e. The topological polar surface area (TPSA) is 41.6 Å². The molecule has 2 unspecified atom stereocenters. The van der Waals surface area contributed by atoms with E-state index in [9.17, 15) is 18.0 Å². The van der Waals surface area contributed by atoms with E-state index in [2.05, 4.69) is 22.3 Å².